The quantitative estimate of drug-likeness (QED) is 0.677. The summed E-state index contributed by atoms with van der Waals surface area (Å²) in [6.07, 6.45) is -0.00544. The summed E-state index contributed by atoms with van der Waals surface area (Å²) < 4.78 is 0. The molecule has 2 atom stereocenters. The summed E-state index contributed by atoms with van der Waals surface area (Å²) in [5.74, 6) is -0.918. The minimum absolute atomic E-state index is 0.137. The van der Waals surface area contributed by atoms with Gasteiger partial charge in [-0.2, -0.15) is 0 Å². The van der Waals surface area contributed by atoms with Crippen LogP contribution in [-0.2, 0) is 4.79 Å². The Balaban J connectivity index is 2.62. The SMILES string of the molecule is CCC(NCC(=O)O)C(O)c1ccccc1. The Morgan fingerprint density at radius 2 is 2.00 bits per heavy atom. The van der Waals surface area contributed by atoms with E-state index in [9.17, 15) is 9.90 Å². The Hall–Kier alpha value is -1.39. The number of carboxylic acids is 1. The molecule has 88 valence electrons. The van der Waals surface area contributed by atoms with Crippen LogP contribution in [0.15, 0.2) is 30.3 Å². The first-order chi connectivity index (χ1) is 7.65. The molecule has 4 nitrogen and oxygen atoms in total. The fourth-order valence-corrected chi connectivity index (χ4v) is 1.58. The molecule has 0 saturated heterocycles. The van der Waals surface area contributed by atoms with Crippen molar-refractivity contribution in [1.29, 1.82) is 0 Å². The minimum Gasteiger partial charge on any atom is -0.480 e. The van der Waals surface area contributed by atoms with Crippen molar-refractivity contribution >= 4 is 5.97 Å². The lowest BCUT2D eigenvalue weighted by Crippen LogP contribution is -2.37. The van der Waals surface area contributed by atoms with E-state index >= 15 is 0 Å². The van der Waals surface area contributed by atoms with Gasteiger partial charge in [0.15, 0.2) is 0 Å². The number of aliphatic hydroxyl groups excluding tert-OH is 1. The molecule has 4 heteroatoms. The van der Waals surface area contributed by atoms with E-state index in [-0.39, 0.29) is 12.6 Å². The molecule has 0 radical (unpaired) electrons. The largest absolute Gasteiger partial charge is 0.480 e. The average molecular weight is 223 g/mol. The van der Waals surface area contributed by atoms with Crippen molar-refractivity contribution in [3.05, 3.63) is 35.9 Å². The van der Waals surface area contributed by atoms with E-state index in [4.69, 9.17) is 5.11 Å². The Morgan fingerprint density at radius 1 is 1.38 bits per heavy atom. The topological polar surface area (TPSA) is 69.6 Å². The summed E-state index contributed by atoms with van der Waals surface area (Å²) in [5.41, 5.74) is 0.798. The summed E-state index contributed by atoms with van der Waals surface area (Å²) in [6.45, 7) is 1.77. The zero-order valence-electron chi connectivity index (χ0n) is 9.26. The molecule has 3 N–H and O–H groups in total. The summed E-state index contributed by atoms with van der Waals surface area (Å²) >= 11 is 0. The standard InChI is InChI=1S/C12H17NO3/c1-2-10(13-8-11(14)15)12(16)9-6-4-3-5-7-9/h3-7,10,12-13,16H,2,8H2,1H3,(H,14,15). The van der Waals surface area contributed by atoms with Crippen molar-refractivity contribution in [2.75, 3.05) is 6.54 Å². The van der Waals surface area contributed by atoms with Crippen LogP contribution in [0.25, 0.3) is 0 Å². The predicted molar refractivity (Wildman–Crippen MR) is 61.1 cm³/mol. The fourth-order valence-electron chi connectivity index (χ4n) is 1.58. The number of rotatable bonds is 6. The van der Waals surface area contributed by atoms with Gasteiger partial charge in [0.05, 0.1) is 12.6 Å². The third kappa shape index (κ3) is 3.64. The van der Waals surface area contributed by atoms with E-state index in [0.717, 1.165) is 5.56 Å². The van der Waals surface area contributed by atoms with Crippen molar-refractivity contribution < 1.29 is 15.0 Å². The molecule has 0 spiro atoms. The number of aliphatic hydroxyl groups is 1. The molecule has 1 aromatic carbocycles. The molecular formula is C12H17NO3. The summed E-state index contributed by atoms with van der Waals surface area (Å²) in [6, 6.07) is 9.00. The summed E-state index contributed by atoms with van der Waals surface area (Å²) in [4.78, 5) is 10.4. The van der Waals surface area contributed by atoms with Gasteiger partial charge in [0.1, 0.15) is 0 Å². The fraction of sp³-hybridized carbons (Fsp3) is 0.417. The first-order valence-electron chi connectivity index (χ1n) is 5.33. The van der Waals surface area contributed by atoms with Gasteiger partial charge in [-0.1, -0.05) is 37.3 Å². The molecule has 0 saturated carbocycles. The Bertz CT molecular complexity index is 326. The number of carbonyl (C=O) groups is 1. The van der Waals surface area contributed by atoms with Crippen LogP contribution in [-0.4, -0.2) is 28.8 Å². The van der Waals surface area contributed by atoms with Crippen molar-refractivity contribution in [2.45, 2.75) is 25.5 Å². The van der Waals surface area contributed by atoms with Gasteiger partial charge < -0.3 is 15.5 Å². The third-order valence-corrected chi connectivity index (χ3v) is 2.48. The maximum atomic E-state index is 10.4. The van der Waals surface area contributed by atoms with Crippen LogP contribution in [0.5, 0.6) is 0 Å². The average Bonchev–Trinajstić information content (AvgIpc) is 2.30. The molecule has 0 aromatic heterocycles. The van der Waals surface area contributed by atoms with Gasteiger partial charge in [0.25, 0.3) is 0 Å². The maximum absolute atomic E-state index is 10.4. The van der Waals surface area contributed by atoms with E-state index in [1.54, 1.807) is 0 Å². The highest BCUT2D eigenvalue weighted by Crippen LogP contribution is 2.18. The molecule has 0 fully saturated rings. The molecule has 2 unspecified atom stereocenters. The second-order valence-corrected chi connectivity index (χ2v) is 3.64. The minimum atomic E-state index is -0.918. The monoisotopic (exact) mass is 223 g/mol. The maximum Gasteiger partial charge on any atom is 0.317 e. The van der Waals surface area contributed by atoms with E-state index < -0.39 is 12.1 Å². The summed E-state index contributed by atoms with van der Waals surface area (Å²) in [5, 5.41) is 21.4. The van der Waals surface area contributed by atoms with Crippen LogP contribution in [0.3, 0.4) is 0 Å². The summed E-state index contributed by atoms with van der Waals surface area (Å²) in [7, 11) is 0. The van der Waals surface area contributed by atoms with Crippen LogP contribution < -0.4 is 5.32 Å². The Labute approximate surface area is 94.9 Å². The zero-order chi connectivity index (χ0) is 12.0. The van der Waals surface area contributed by atoms with Crippen LogP contribution in [0.2, 0.25) is 0 Å². The van der Waals surface area contributed by atoms with E-state index in [1.165, 1.54) is 0 Å². The van der Waals surface area contributed by atoms with Crippen LogP contribution in [0, 0.1) is 0 Å². The second-order valence-electron chi connectivity index (χ2n) is 3.64. The highest BCUT2D eigenvalue weighted by atomic mass is 16.4. The Kier molecular flexibility index (Phi) is 4.95. The molecule has 0 heterocycles. The van der Waals surface area contributed by atoms with Gasteiger partial charge in [-0.15, -0.1) is 0 Å². The van der Waals surface area contributed by atoms with Crippen molar-refractivity contribution in [1.82, 2.24) is 5.32 Å². The molecule has 0 aliphatic heterocycles. The molecule has 0 bridgehead atoms. The second kappa shape index (κ2) is 6.25. The number of hydrogen-bond acceptors (Lipinski definition) is 3. The van der Waals surface area contributed by atoms with E-state index in [0.29, 0.717) is 6.42 Å². The van der Waals surface area contributed by atoms with Gasteiger partial charge in [-0.25, -0.2) is 0 Å². The molecule has 1 aromatic rings. The van der Waals surface area contributed by atoms with Gasteiger partial charge in [0, 0.05) is 6.04 Å². The smallest absolute Gasteiger partial charge is 0.317 e. The van der Waals surface area contributed by atoms with Crippen molar-refractivity contribution in [3.63, 3.8) is 0 Å². The number of hydrogen-bond donors (Lipinski definition) is 3. The number of benzene rings is 1. The highest BCUT2D eigenvalue weighted by molar-refractivity contribution is 5.69. The van der Waals surface area contributed by atoms with Crippen LogP contribution >= 0.6 is 0 Å². The van der Waals surface area contributed by atoms with Crippen LogP contribution in [0.4, 0.5) is 0 Å². The first-order valence-corrected chi connectivity index (χ1v) is 5.33. The van der Waals surface area contributed by atoms with Gasteiger partial charge in [0.2, 0.25) is 0 Å². The number of carboxylic acid groups (broad SMARTS) is 1. The number of aliphatic carboxylic acids is 1. The number of nitrogens with one attached hydrogen (secondary N) is 1. The molecule has 1 rings (SSSR count). The lowest BCUT2D eigenvalue weighted by Gasteiger charge is -2.22. The van der Waals surface area contributed by atoms with E-state index in [2.05, 4.69) is 5.32 Å². The van der Waals surface area contributed by atoms with Crippen molar-refractivity contribution in [3.8, 4) is 0 Å². The molecule has 0 aliphatic rings. The highest BCUT2D eigenvalue weighted by Gasteiger charge is 2.18. The Morgan fingerprint density at radius 3 is 2.50 bits per heavy atom. The van der Waals surface area contributed by atoms with Crippen LogP contribution in [0.1, 0.15) is 25.0 Å². The zero-order valence-corrected chi connectivity index (χ0v) is 9.26. The predicted octanol–water partition coefficient (Wildman–Crippen LogP) is 1.17. The third-order valence-electron chi connectivity index (χ3n) is 2.48. The molecule has 0 amide bonds. The lowest BCUT2D eigenvalue weighted by molar-refractivity contribution is -0.136. The molecule has 16 heavy (non-hydrogen) atoms. The lowest BCUT2D eigenvalue weighted by atomic mass is 10.0. The van der Waals surface area contributed by atoms with Gasteiger partial charge in [-0.05, 0) is 12.0 Å². The first kappa shape index (κ1) is 12.7. The van der Waals surface area contributed by atoms with Gasteiger partial charge in [-0.3, -0.25) is 4.79 Å². The molecular weight excluding hydrogens is 206 g/mol. The van der Waals surface area contributed by atoms with E-state index in [1.807, 2.05) is 37.3 Å². The van der Waals surface area contributed by atoms with Crippen molar-refractivity contribution in [2.24, 2.45) is 0 Å². The molecule has 0 aliphatic carbocycles. The normalized spacial score (nSPS) is 14.4. The van der Waals surface area contributed by atoms with Gasteiger partial charge >= 0.3 is 5.97 Å².